The zero-order valence-corrected chi connectivity index (χ0v) is 10.4. The van der Waals surface area contributed by atoms with Crippen LogP contribution in [0, 0.1) is 5.82 Å². The summed E-state index contributed by atoms with van der Waals surface area (Å²) in [5, 5.41) is 3.10. The Morgan fingerprint density at radius 3 is 2.67 bits per heavy atom. The molecule has 1 N–H and O–H groups in total. The molecule has 4 heteroatoms. The molecule has 1 atom stereocenters. The van der Waals surface area contributed by atoms with E-state index in [1.165, 1.54) is 6.07 Å². The first-order valence-corrected chi connectivity index (χ1v) is 5.67. The monoisotopic (exact) mass is 246 g/mol. The fourth-order valence-electron chi connectivity index (χ4n) is 1.99. The largest absolute Gasteiger partial charge is 0.495 e. The molecule has 0 spiro atoms. The molecule has 0 fully saturated rings. The van der Waals surface area contributed by atoms with Gasteiger partial charge in [0.2, 0.25) is 0 Å². The average Bonchev–Trinajstić information content (AvgIpc) is 2.42. The number of nitrogens with zero attached hydrogens (tertiary/aromatic N) is 1. The first kappa shape index (κ1) is 12.5. The molecule has 0 aliphatic heterocycles. The molecule has 0 amide bonds. The molecule has 0 radical (unpaired) electrons. The van der Waals surface area contributed by atoms with Crippen molar-refractivity contribution in [1.82, 2.24) is 10.3 Å². The Morgan fingerprint density at radius 1 is 1.22 bits per heavy atom. The van der Waals surface area contributed by atoms with Gasteiger partial charge in [-0.3, -0.25) is 4.98 Å². The Bertz CT molecular complexity index is 531. The lowest BCUT2D eigenvalue weighted by Crippen LogP contribution is -2.19. The third-order valence-electron chi connectivity index (χ3n) is 2.85. The first-order valence-electron chi connectivity index (χ1n) is 5.67. The van der Waals surface area contributed by atoms with Gasteiger partial charge in [-0.2, -0.15) is 0 Å². The molecular formula is C14H15FN2O. The summed E-state index contributed by atoms with van der Waals surface area (Å²) in [5.74, 6) is 0.399. The van der Waals surface area contributed by atoms with E-state index in [1.807, 2.05) is 12.1 Å². The minimum atomic E-state index is -0.260. The molecule has 3 nitrogen and oxygen atoms in total. The molecule has 94 valence electrons. The Balaban J connectivity index is 2.49. The van der Waals surface area contributed by atoms with Crippen LogP contribution in [0.3, 0.4) is 0 Å². The second kappa shape index (κ2) is 5.60. The third-order valence-corrected chi connectivity index (χ3v) is 2.85. The summed E-state index contributed by atoms with van der Waals surface area (Å²) in [4.78, 5) is 4.00. The molecule has 1 aromatic carbocycles. The van der Waals surface area contributed by atoms with Crippen LogP contribution in [-0.4, -0.2) is 19.1 Å². The molecule has 0 saturated heterocycles. The van der Waals surface area contributed by atoms with Crippen molar-refractivity contribution >= 4 is 0 Å². The van der Waals surface area contributed by atoms with Crippen molar-refractivity contribution in [2.45, 2.75) is 6.04 Å². The summed E-state index contributed by atoms with van der Waals surface area (Å²) in [5.41, 5.74) is 1.45. The highest BCUT2D eigenvalue weighted by molar-refractivity contribution is 5.40. The topological polar surface area (TPSA) is 34.2 Å². The number of ether oxygens (including phenoxy) is 1. The van der Waals surface area contributed by atoms with Gasteiger partial charge in [0.05, 0.1) is 19.3 Å². The Morgan fingerprint density at radius 2 is 2.00 bits per heavy atom. The molecule has 0 aliphatic carbocycles. The van der Waals surface area contributed by atoms with E-state index in [1.54, 1.807) is 38.7 Å². The molecule has 0 bridgehead atoms. The lowest BCUT2D eigenvalue weighted by atomic mass is 9.98. The molecule has 0 aliphatic rings. The summed E-state index contributed by atoms with van der Waals surface area (Å²) < 4.78 is 19.1. The van der Waals surface area contributed by atoms with Gasteiger partial charge in [-0.25, -0.2) is 4.39 Å². The second-order valence-corrected chi connectivity index (χ2v) is 3.86. The Kier molecular flexibility index (Phi) is 3.89. The van der Waals surface area contributed by atoms with E-state index in [2.05, 4.69) is 10.3 Å². The van der Waals surface area contributed by atoms with Gasteiger partial charge in [0, 0.05) is 17.3 Å². The van der Waals surface area contributed by atoms with Crippen molar-refractivity contribution in [1.29, 1.82) is 0 Å². The van der Waals surface area contributed by atoms with Crippen LogP contribution < -0.4 is 10.1 Å². The van der Waals surface area contributed by atoms with Gasteiger partial charge in [-0.15, -0.1) is 0 Å². The molecule has 2 aromatic rings. The maximum atomic E-state index is 13.9. The van der Waals surface area contributed by atoms with E-state index >= 15 is 0 Å². The smallest absolute Gasteiger partial charge is 0.142 e. The van der Waals surface area contributed by atoms with Gasteiger partial charge in [-0.1, -0.05) is 18.2 Å². The minimum absolute atomic E-state index is 0.240. The van der Waals surface area contributed by atoms with Crippen molar-refractivity contribution < 1.29 is 9.13 Å². The fourth-order valence-corrected chi connectivity index (χ4v) is 1.99. The number of halogens is 1. The maximum absolute atomic E-state index is 13.9. The number of pyridine rings is 1. The maximum Gasteiger partial charge on any atom is 0.142 e. The number of rotatable bonds is 4. The number of methoxy groups -OCH3 is 1. The first-order chi connectivity index (χ1) is 8.77. The third kappa shape index (κ3) is 2.33. The van der Waals surface area contributed by atoms with Crippen molar-refractivity contribution in [3.8, 4) is 5.75 Å². The Labute approximate surface area is 106 Å². The highest BCUT2D eigenvalue weighted by Crippen LogP contribution is 2.30. The van der Waals surface area contributed by atoms with Crippen LogP contribution in [0.15, 0.2) is 42.7 Å². The number of aromatic nitrogens is 1. The zero-order valence-electron chi connectivity index (χ0n) is 10.4. The van der Waals surface area contributed by atoms with Crippen LogP contribution in [0.1, 0.15) is 17.2 Å². The summed E-state index contributed by atoms with van der Waals surface area (Å²) in [6.45, 7) is 0. The fraction of sp³-hybridized carbons (Fsp3) is 0.214. The second-order valence-electron chi connectivity index (χ2n) is 3.86. The summed E-state index contributed by atoms with van der Waals surface area (Å²) in [6, 6.07) is 8.27. The lowest BCUT2D eigenvalue weighted by Gasteiger charge is -2.19. The Hall–Kier alpha value is -1.94. The normalized spacial score (nSPS) is 12.2. The van der Waals surface area contributed by atoms with Crippen molar-refractivity contribution in [3.63, 3.8) is 0 Å². The summed E-state index contributed by atoms with van der Waals surface area (Å²) in [7, 11) is 3.37. The molecule has 0 saturated carbocycles. The van der Waals surface area contributed by atoms with Crippen LogP contribution >= 0.6 is 0 Å². The van der Waals surface area contributed by atoms with Crippen LogP contribution in [0.5, 0.6) is 5.75 Å². The number of hydrogen-bond donors (Lipinski definition) is 1. The minimum Gasteiger partial charge on any atom is -0.495 e. The number of benzene rings is 1. The zero-order chi connectivity index (χ0) is 13.0. The predicted molar refractivity (Wildman–Crippen MR) is 68.1 cm³/mol. The van der Waals surface area contributed by atoms with Crippen LogP contribution in [-0.2, 0) is 0 Å². The molecule has 2 rings (SSSR count). The molecule has 18 heavy (non-hydrogen) atoms. The SMILES string of the molecule is CNC(c1ccccc1F)c1ccncc1OC. The summed E-state index contributed by atoms with van der Waals surface area (Å²) >= 11 is 0. The van der Waals surface area contributed by atoms with Crippen LogP contribution in [0.25, 0.3) is 0 Å². The van der Waals surface area contributed by atoms with Crippen molar-refractivity contribution in [3.05, 3.63) is 59.7 Å². The van der Waals surface area contributed by atoms with Gasteiger partial charge in [-0.05, 0) is 19.2 Å². The van der Waals surface area contributed by atoms with Crippen molar-refractivity contribution in [2.24, 2.45) is 0 Å². The lowest BCUT2D eigenvalue weighted by molar-refractivity contribution is 0.402. The predicted octanol–water partition coefficient (Wildman–Crippen LogP) is 2.54. The van der Waals surface area contributed by atoms with E-state index in [0.29, 0.717) is 11.3 Å². The number of hydrogen-bond acceptors (Lipinski definition) is 3. The highest BCUT2D eigenvalue weighted by atomic mass is 19.1. The van der Waals surface area contributed by atoms with E-state index in [9.17, 15) is 4.39 Å². The van der Waals surface area contributed by atoms with Gasteiger partial charge >= 0.3 is 0 Å². The number of nitrogens with one attached hydrogen (secondary N) is 1. The van der Waals surface area contributed by atoms with E-state index in [-0.39, 0.29) is 11.9 Å². The van der Waals surface area contributed by atoms with Crippen LogP contribution in [0.2, 0.25) is 0 Å². The standard InChI is InChI=1S/C14H15FN2O/c1-16-14(10-5-3-4-6-12(10)15)11-7-8-17-9-13(11)18-2/h3-9,14,16H,1-2H3. The molecular weight excluding hydrogens is 231 g/mol. The molecule has 1 unspecified atom stereocenters. The van der Waals surface area contributed by atoms with Crippen LogP contribution in [0.4, 0.5) is 4.39 Å². The van der Waals surface area contributed by atoms with E-state index in [4.69, 9.17) is 4.74 Å². The van der Waals surface area contributed by atoms with E-state index in [0.717, 1.165) is 5.56 Å². The molecule has 1 aromatic heterocycles. The van der Waals surface area contributed by atoms with Gasteiger partial charge in [0.15, 0.2) is 0 Å². The highest BCUT2D eigenvalue weighted by Gasteiger charge is 2.19. The summed E-state index contributed by atoms with van der Waals surface area (Å²) in [6.07, 6.45) is 3.30. The van der Waals surface area contributed by atoms with Gasteiger partial charge in [0.1, 0.15) is 11.6 Å². The average molecular weight is 246 g/mol. The van der Waals surface area contributed by atoms with Gasteiger partial charge < -0.3 is 10.1 Å². The van der Waals surface area contributed by atoms with Gasteiger partial charge in [0.25, 0.3) is 0 Å². The van der Waals surface area contributed by atoms with Crippen molar-refractivity contribution in [2.75, 3.05) is 14.2 Å². The quantitative estimate of drug-likeness (QED) is 0.900. The van der Waals surface area contributed by atoms with E-state index < -0.39 is 0 Å². The molecule has 1 heterocycles.